The molecule has 3 nitrogen and oxygen atoms in total. The molecule has 2 unspecified atom stereocenters. The molecule has 1 saturated carbocycles. The second-order valence-corrected chi connectivity index (χ2v) is 5.87. The highest BCUT2D eigenvalue weighted by atomic mass is 16.5. The zero-order valence-corrected chi connectivity index (χ0v) is 13.0. The van der Waals surface area contributed by atoms with Crippen LogP contribution in [0.15, 0.2) is 24.3 Å². The van der Waals surface area contributed by atoms with Gasteiger partial charge in [-0.05, 0) is 49.8 Å². The van der Waals surface area contributed by atoms with E-state index in [2.05, 4.69) is 43.0 Å². The monoisotopic (exact) mass is 276 g/mol. The van der Waals surface area contributed by atoms with Gasteiger partial charge in [0.05, 0.1) is 6.61 Å². The first-order chi connectivity index (χ1) is 9.67. The molecule has 0 amide bonds. The number of hydrogen-bond acceptors (Lipinski definition) is 3. The molecule has 112 valence electrons. The molecule has 0 saturated heterocycles. The molecule has 2 N–H and O–H groups in total. The Morgan fingerprint density at radius 1 is 1.30 bits per heavy atom. The van der Waals surface area contributed by atoms with E-state index in [1.807, 2.05) is 0 Å². The molecular formula is C17H28N2O. The van der Waals surface area contributed by atoms with Crippen molar-refractivity contribution in [2.24, 2.45) is 11.7 Å². The number of anilines is 1. The normalized spacial score (nSPS) is 17.8. The SMILES string of the molecule is CCC(N)c1ccc(N(CCOC)C(C)C2CC2)cc1. The number of hydrogen-bond donors (Lipinski definition) is 1. The third kappa shape index (κ3) is 3.74. The Morgan fingerprint density at radius 2 is 1.95 bits per heavy atom. The Labute approximate surface area is 123 Å². The molecule has 0 spiro atoms. The van der Waals surface area contributed by atoms with E-state index >= 15 is 0 Å². The highest BCUT2D eigenvalue weighted by Gasteiger charge is 2.32. The third-order valence-electron chi connectivity index (χ3n) is 4.42. The van der Waals surface area contributed by atoms with E-state index in [4.69, 9.17) is 10.5 Å². The molecule has 1 aromatic rings. The largest absolute Gasteiger partial charge is 0.383 e. The van der Waals surface area contributed by atoms with Gasteiger partial charge in [0.25, 0.3) is 0 Å². The van der Waals surface area contributed by atoms with Crippen LogP contribution in [0.2, 0.25) is 0 Å². The van der Waals surface area contributed by atoms with Gasteiger partial charge in [-0.2, -0.15) is 0 Å². The maximum atomic E-state index is 6.09. The number of nitrogens with zero attached hydrogens (tertiary/aromatic N) is 1. The minimum atomic E-state index is 0.150. The van der Waals surface area contributed by atoms with E-state index in [0.29, 0.717) is 6.04 Å². The summed E-state index contributed by atoms with van der Waals surface area (Å²) in [5.41, 5.74) is 8.59. The summed E-state index contributed by atoms with van der Waals surface area (Å²) in [5.74, 6) is 0.851. The van der Waals surface area contributed by atoms with Gasteiger partial charge < -0.3 is 15.4 Å². The second kappa shape index (κ2) is 7.09. The van der Waals surface area contributed by atoms with Gasteiger partial charge in [-0.1, -0.05) is 19.1 Å². The van der Waals surface area contributed by atoms with Crippen molar-refractivity contribution >= 4 is 5.69 Å². The lowest BCUT2D eigenvalue weighted by atomic mass is 10.0. The Bertz CT molecular complexity index is 400. The summed E-state index contributed by atoms with van der Waals surface area (Å²) in [6.45, 7) is 6.18. The van der Waals surface area contributed by atoms with E-state index in [1.165, 1.54) is 24.1 Å². The van der Waals surface area contributed by atoms with Crippen LogP contribution < -0.4 is 10.6 Å². The molecule has 2 rings (SSSR count). The van der Waals surface area contributed by atoms with Gasteiger partial charge in [0.2, 0.25) is 0 Å². The fraction of sp³-hybridized carbons (Fsp3) is 0.647. The van der Waals surface area contributed by atoms with Crippen molar-refractivity contribution in [3.05, 3.63) is 29.8 Å². The average molecular weight is 276 g/mol. The number of benzene rings is 1. The molecule has 20 heavy (non-hydrogen) atoms. The van der Waals surface area contributed by atoms with Crippen molar-refractivity contribution < 1.29 is 4.74 Å². The van der Waals surface area contributed by atoms with E-state index in [0.717, 1.165) is 25.5 Å². The first kappa shape index (κ1) is 15.3. The topological polar surface area (TPSA) is 38.5 Å². The minimum Gasteiger partial charge on any atom is -0.383 e. The van der Waals surface area contributed by atoms with E-state index < -0.39 is 0 Å². The van der Waals surface area contributed by atoms with E-state index in [1.54, 1.807) is 7.11 Å². The summed E-state index contributed by atoms with van der Waals surface area (Å²) in [6, 6.07) is 9.50. The van der Waals surface area contributed by atoms with Gasteiger partial charge in [0.1, 0.15) is 0 Å². The summed E-state index contributed by atoms with van der Waals surface area (Å²) in [4.78, 5) is 2.47. The summed E-state index contributed by atoms with van der Waals surface area (Å²) in [5, 5.41) is 0. The van der Waals surface area contributed by atoms with Crippen molar-refractivity contribution in [1.82, 2.24) is 0 Å². The third-order valence-corrected chi connectivity index (χ3v) is 4.42. The fourth-order valence-corrected chi connectivity index (χ4v) is 2.74. The number of nitrogens with two attached hydrogens (primary N) is 1. The molecule has 1 fully saturated rings. The van der Waals surface area contributed by atoms with Crippen LogP contribution >= 0.6 is 0 Å². The second-order valence-electron chi connectivity index (χ2n) is 5.87. The van der Waals surface area contributed by atoms with Gasteiger partial charge in [-0.15, -0.1) is 0 Å². The maximum Gasteiger partial charge on any atom is 0.0637 e. The Balaban J connectivity index is 2.10. The fourth-order valence-electron chi connectivity index (χ4n) is 2.74. The van der Waals surface area contributed by atoms with Crippen LogP contribution in [0.3, 0.4) is 0 Å². The van der Waals surface area contributed by atoms with Gasteiger partial charge in [0.15, 0.2) is 0 Å². The van der Waals surface area contributed by atoms with Crippen LogP contribution in [0, 0.1) is 5.92 Å². The van der Waals surface area contributed by atoms with Gasteiger partial charge >= 0.3 is 0 Å². The summed E-state index contributed by atoms with van der Waals surface area (Å²) in [7, 11) is 1.77. The number of rotatable bonds is 8. The predicted molar refractivity (Wildman–Crippen MR) is 85.1 cm³/mol. The smallest absolute Gasteiger partial charge is 0.0637 e. The van der Waals surface area contributed by atoms with Crippen LogP contribution in [-0.2, 0) is 4.74 Å². The van der Waals surface area contributed by atoms with Crippen LogP contribution in [0.25, 0.3) is 0 Å². The van der Waals surface area contributed by atoms with Crippen molar-refractivity contribution in [3.63, 3.8) is 0 Å². The first-order valence-corrected chi connectivity index (χ1v) is 7.78. The van der Waals surface area contributed by atoms with Crippen molar-refractivity contribution in [1.29, 1.82) is 0 Å². The van der Waals surface area contributed by atoms with E-state index in [9.17, 15) is 0 Å². The van der Waals surface area contributed by atoms with Crippen molar-refractivity contribution in [3.8, 4) is 0 Å². The van der Waals surface area contributed by atoms with Gasteiger partial charge in [0, 0.05) is 31.4 Å². The van der Waals surface area contributed by atoms with Crippen molar-refractivity contribution in [2.75, 3.05) is 25.2 Å². The molecular weight excluding hydrogens is 248 g/mol. The molecule has 2 atom stereocenters. The summed E-state index contributed by atoms with van der Waals surface area (Å²) >= 11 is 0. The van der Waals surface area contributed by atoms with Crippen LogP contribution in [-0.4, -0.2) is 26.3 Å². The first-order valence-electron chi connectivity index (χ1n) is 7.78. The standard InChI is InChI=1S/C17H28N2O/c1-4-17(18)15-7-9-16(10-8-15)19(11-12-20-3)13(2)14-5-6-14/h7-10,13-14,17H,4-6,11-12,18H2,1-3H3. The van der Waals surface area contributed by atoms with Crippen LogP contribution in [0.4, 0.5) is 5.69 Å². The molecule has 0 bridgehead atoms. The van der Waals surface area contributed by atoms with E-state index in [-0.39, 0.29) is 6.04 Å². The zero-order valence-electron chi connectivity index (χ0n) is 13.0. The maximum absolute atomic E-state index is 6.09. The quantitative estimate of drug-likeness (QED) is 0.791. The summed E-state index contributed by atoms with van der Waals surface area (Å²) < 4.78 is 5.26. The zero-order chi connectivity index (χ0) is 14.5. The summed E-state index contributed by atoms with van der Waals surface area (Å²) in [6.07, 6.45) is 3.71. The van der Waals surface area contributed by atoms with Gasteiger partial charge in [-0.25, -0.2) is 0 Å². The molecule has 3 heteroatoms. The molecule has 0 radical (unpaired) electrons. The number of ether oxygens (including phenoxy) is 1. The molecule has 1 aliphatic rings. The molecule has 0 aromatic heterocycles. The molecule has 1 aliphatic carbocycles. The molecule has 1 aromatic carbocycles. The average Bonchev–Trinajstić information content (AvgIpc) is 3.32. The van der Waals surface area contributed by atoms with Crippen LogP contribution in [0.1, 0.15) is 44.7 Å². The Kier molecular flexibility index (Phi) is 5.44. The number of methoxy groups -OCH3 is 1. The minimum absolute atomic E-state index is 0.150. The predicted octanol–water partition coefficient (Wildman–Crippen LogP) is 3.35. The highest BCUT2D eigenvalue weighted by Crippen LogP contribution is 2.37. The highest BCUT2D eigenvalue weighted by molar-refractivity contribution is 5.49. The molecule has 0 aliphatic heterocycles. The van der Waals surface area contributed by atoms with Crippen molar-refractivity contribution in [2.45, 2.75) is 45.2 Å². The lowest BCUT2D eigenvalue weighted by molar-refractivity contribution is 0.202. The molecule has 0 heterocycles. The Morgan fingerprint density at radius 3 is 2.45 bits per heavy atom. The van der Waals surface area contributed by atoms with Crippen LogP contribution in [0.5, 0.6) is 0 Å². The lowest BCUT2D eigenvalue weighted by Crippen LogP contribution is -2.37. The Hall–Kier alpha value is -1.06. The lowest BCUT2D eigenvalue weighted by Gasteiger charge is -2.31. The van der Waals surface area contributed by atoms with Gasteiger partial charge in [-0.3, -0.25) is 0 Å².